The second-order valence-electron chi connectivity index (χ2n) is 1.87. The first-order chi connectivity index (χ1) is 3.43. The lowest BCUT2D eigenvalue weighted by Crippen LogP contribution is -2.04. The topological polar surface area (TPSA) is 12.0 Å². The van der Waals surface area contributed by atoms with Crippen molar-refractivity contribution in [1.82, 2.24) is 5.32 Å². The van der Waals surface area contributed by atoms with Crippen LogP contribution in [0, 0.1) is 0 Å². The Morgan fingerprint density at radius 2 is 2.57 bits per heavy atom. The van der Waals surface area contributed by atoms with Crippen molar-refractivity contribution >= 4 is 0 Å². The summed E-state index contributed by atoms with van der Waals surface area (Å²) in [5, 5.41) is 3.25. The van der Waals surface area contributed by atoms with E-state index in [1.54, 1.807) is 5.57 Å². The highest BCUT2D eigenvalue weighted by Gasteiger charge is 2.01. The van der Waals surface area contributed by atoms with Gasteiger partial charge in [-0.1, -0.05) is 11.6 Å². The van der Waals surface area contributed by atoms with E-state index in [1.165, 1.54) is 13.0 Å². The third-order valence-corrected chi connectivity index (χ3v) is 1.38. The molecule has 0 radical (unpaired) electrons. The summed E-state index contributed by atoms with van der Waals surface area (Å²) in [6.07, 6.45) is 3.45. The third-order valence-electron chi connectivity index (χ3n) is 1.38. The second-order valence-corrected chi connectivity index (χ2v) is 1.87. The van der Waals surface area contributed by atoms with Crippen LogP contribution in [0.1, 0.15) is 13.3 Å². The van der Waals surface area contributed by atoms with Crippen molar-refractivity contribution in [3.05, 3.63) is 11.6 Å². The maximum Gasteiger partial charge on any atom is 0.0165 e. The van der Waals surface area contributed by atoms with Crippen molar-refractivity contribution in [2.75, 3.05) is 13.1 Å². The summed E-state index contributed by atoms with van der Waals surface area (Å²) in [6.45, 7) is 4.40. The molecule has 1 fully saturated rings. The predicted molar refractivity (Wildman–Crippen MR) is 31.2 cm³/mol. The normalized spacial score (nSPS) is 26.7. The monoisotopic (exact) mass is 97.1 g/mol. The molecule has 0 amide bonds. The maximum absolute atomic E-state index is 3.25. The van der Waals surface area contributed by atoms with Crippen LogP contribution in [-0.4, -0.2) is 13.1 Å². The largest absolute Gasteiger partial charge is 0.313 e. The zero-order valence-corrected chi connectivity index (χ0v) is 4.70. The zero-order chi connectivity index (χ0) is 5.11. The molecule has 0 saturated carbocycles. The first-order valence-electron chi connectivity index (χ1n) is 2.78. The van der Waals surface area contributed by atoms with Crippen LogP contribution >= 0.6 is 0 Å². The Morgan fingerprint density at radius 1 is 1.71 bits per heavy atom. The van der Waals surface area contributed by atoms with Crippen LogP contribution in [-0.2, 0) is 0 Å². The summed E-state index contributed by atoms with van der Waals surface area (Å²) in [6, 6.07) is 0. The number of allylic oxidation sites excluding steroid dienone is 1. The van der Waals surface area contributed by atoms with Gasteiger partial charge in [0.2, 0.25) is 0 Å². The molecule has 0 aromatic rings. The van der Waals surface area contributed by atoms with Gasteiger partial charge in [-0.3, -0.25) is 0 Å². The summed E-state index contributed by atoms with van der Waals surface area (Å²) in [4.78, 5) is 0. The fraction of sp³-hybridized carbons (Fsp3) is 0.667. The lowest BCUT2D eigenvalue weighted by atomic mass is 10.2. The van der Waals surface area contributed by atoms with Crippen LogP contribution in [0.15, 0.2) is 11.6 Å². The Morgan fingerprint density at radius 3 is 2.86 bits per heavy atom. The van der Waals surface area contributed by atoms with E-state index in [0.717, 1.165) is 6.54 Å². The van der Waals surface area contributed by atoms with E-state index in [9.17, 15) is 0 Å². The first kappa shape index (κ1) is 4.85. The van der Waals surface area contributed by atoms with Gasteiger partial charge in [0.15, 0.2) is 0 Å². The molecule has 0 atom stereocenters. The van der Waals surface area contributed by atoms with E-state index >= 15 is 0 Å². The number of nitrogens with one attached hydrogen (secondary N) is 1. The maximum atomic E-state index is 3.25. The van der Waals surface area contributed by atoms with Crippen molar-refractivity contribution in [1.29, 1.82) is 0 Å². The Balaban J connectivity index is 2.41. The van der Waals surface area contributed by atoms with Crippen LogP contribution in [0.3, 0.4) is 0 Å². The molecule has 1 heteroatoms. The van der Waals surface area contributed by atoms with Crippen molar-refractivity contribution in [2.24, 2.45) is 0 Å². The molecule has 40 valence electrons. The molecule has 0 aromatic carbocycles. The molecule has 1 N–H and O–H groups in total. The van der Waals surface area contributed by atoms with E-state index in [2.05, 4.69) is 18.3 Å². The van der Waals surface area contributed by atoms with Crippen LogP contribution in [0.2, 0.25) is 0 Å². The number of rotatable bonds is 0. The molecule has 1 heterocycles. The molecule has 0 aromatic heterocycles. The molecule has 1 aliphatic heterocycles. The van der Waals surface area contributed by atoms with Gasteiger partial charge >= 0.3 is 0 Å². The van der Waals surface area contributed by atoms with Gasteiger partial charge in [0.1, 0.15) is 0 Å². The van der Waals surface area contributed by atoms with Crippen molar-refractivity contribution in [2.45, 2.75) is 13.3 Å². The average molecular weight is 97.2 g/mol. The van der Waals surface area contributed by atoms with Crippen molar-refractivity contribution in [3.63, 3.8) is 0 Å². The molecule has 0 spiro atoms. The quantitative estimate of drug-likeness (QED) is 0.443. The smallest absolute Gasteiger partial charge is 0.0165 e. The van der Waals surface area contributed by atoms with Crippen LogP contribution < -0.4 is 5.32 Å². The minimum atomic E-state index is 1.12. The average Bonchev–Trinajstić information content (AvgIpc) is 2.14. The highest BCUT2D eigenvalue weighted by atomic mass is 14.9. The summed E-state index contributed by atoms with van der Waals surface area (Å²) in [7, 11) is 0. The van der Waals surface area contributed by atoms with Gasteiger partial charge in [-0.05, 0) is 19.9 Å². The highest BCUT2D eigenvalue weighted by Crippen LogP contribution is 2.03. The molecular weight excluding hydrogens is 86.1 g/mol. The SMILES string of the molecule is C/C=C1\CCNC1. The van der Waals surface area contributed by atoms with E-state index in [-0.39, 0.29) is 0 Å². The van der Waals surface area contributed by atoms with Gasteiger partial charge in [-0.25, -0.2) is 0 Å². The van der Waals surface area contributed by atoms with Crippen molar-refractivity contribution in [3.8, 4) is 0 Å². The van der Waals surface area contributed by atoms with Gasteiger partial charge in [-0.15, -0.1) is 0 Å². The van der Waals surface area contributed by atoms with Gasteiger partial charge in [0, 0.05) is 6.54 Å². The standard InChI is InChI=1S/C6H11N/c1-2-6-3-4-7-5-6/h2,7H,3-5H2,1H3/b6-2+. The number of hydrogen-bond donors (Lipinski definition) is 1. The van der Waals surface area contributed by atoms with Gasteiger partial charge in [-0.2, -0.15) is 0 Å². The minimum Gasteiger partial charge on any atom is -0.313 e. The molecular formula is C6H11N. The van der Waals surface area contributed by atoms with Crippen LogP contribution in [0.25, 0.3) is 0 Å². The van der Waals surface area contributed by atoms with E-state index < -0.39 is 0 Å². The molecule has 0 bridgehead atoms. The fourth-order valence-corrected chi connectivity index (χ4v) is 0.833. The van der Waals surface area contributed by atoms with Crippen molar-refractivity contribution < 1.29 is 0 Å². The lowest BCUT2D eigenvalue weighted by Gasteiger charge is -1.85. The molecule has 7 heavy (non-hydrogen) atoms. The Hall–Kier alpha value is -0.300. The second kappa shape index (κ2) is 2.12. The first-order valence-corrected chi connectivity index (χ1v) is 2.78. The molecule has 1 nitrogen and oxygen atoms in total. The summed E-state index contributed by atoms with van der Waals surface area (Å²) < 4.78 is 0. The van der Waals surface area contributed by atoms with E-state index in [4.69, 9.17) is 0 Å². The summed E-state index contributed by atoms with van der Waals surface area (Å²) in [5.74, 6) is 0. The fourth-order valence-electron chi connectivity index (χ4n) is 0.833. The zero-order valence-electron chi connectivity index (χ0n) is 4.70. The van der Waals surface area contributed by atoms with Crippen LogP contribution in [0.5, 0.6) is 0 Å². The molecule has 1 rings (SSSR count). The molecule has 0 unspecified atom stereocenters. The van der Waals surface area contributed by atoms with Gasteiger partial charge in [0.05, 0.1) is 0 Å². The molecule has 1 aliphatic rings. The Bertz CT molecular complexity index is 76.2. The van der Waals surface area contributed by atoms with E-state index in [0.29, 0.717) is 0 Å². The third kappa shape index (κ3) is 1.03. The summed E-state index contributed by atoms with van der Waals surface area (Å²) in [5.41, 5.74) is 1.56. The molecule has 0 aliphatic carbocycles. The van der Waals surface area contributed by atoms with E-state index in [1.807, 2.05) is 0 Å². The van der Waals surface area contributed by atoms with Crippen LogP contribution in [0.4, 0.5) is 0 Å². The minimum absolute atomic E-state index is 1.12. The highest BCUT2D eigenvalue weighted by molar-refractivity contribution is 5.06. The van der Waals surface area contributed by atoms with Gasteiger partial charge < -0.3 is 5.32 Å². The lowest BCUT2D eigenvalue weighted by molar-refractivity contribution is 0.862. The van der Waals surface area contributed by atoms with Gasteiger partial charge in [0.25, 0.3) is 0 Å². The number of hydrogen-bond acceptors (Lipinski definition) is 1. The Kier molecular flexibility index (Phi) is 1.47. The molecule has 1 saturated heterocycles. The summed E-state index contributed by atoms with van der Waals surface area (Å²) >= 11 is 0. The predicted octanol–water partition coefficient (Wildman–Crippen LogP) is 0.926. The Labute approximate surface area is 44.4 Å².